The van der Waals surface area contributed by atoms with Gasteiger partial charge in [-0.05, 0) is 26.0 Å². The van der Waals surface area contributed by atoms with Gasteiger partial charge in [-0.15, -0.1) is 5.10 Å². The number of carbonyl (C=O) groups excluding carboxylic acids is 1. The Bertz CT molecular complexity index is 549. The van der Waals surface area contributed by atoms with E-state index in [1.807, 2.05) is 37.3 Å². The van der Waals surface area contributed by atoms with Crippen LogP contribution in [0.15, 0.2) is 36.5 Å². The van der Waals surface area contributed by atoms with Gasteiger partial charge in [0.15, 0.2) is 0 Å². The molecule has 0 saturated carbocycles. The Morgan fingerprint density at radius 3 is 2.63 bits per heavy atom. The van der Waals surface area contributed by atoms with E-state index >= 15 is 0 Å². The molecular weight excluding hydrogens is 242 g/mol. The molecule has 6 heteroatoms. The zero-order valence-electron chi connectivity index (χ0n) is 10.9. The number of hydrogen-bond donors (Lipinski definition) is 2. The summed E-state index contributed by atoms with van der Waals surface area (Å²) in [5.74, 6) is -0.207. The van der Waals surface area contributed by atoms with Gasteiger partial charge in [-0.25, -0.2) is 4.68 Å². The van der Waals surface area contributed by atoms with E-state index in [1.54, 1.807) is 17.8 Å². The second kappa shape index (κ2) is 5.62. The monoisotopic (exact) mass is 259 g/mol. The molecule has 19 heavy (non-hydrogen) atoms. The molecule has 0 fully saturated rings. The maximum atomic E-state index is 11.5. The van der Waals surface area contributed by atoms with Crippen LogP contribution in [0.1, 0.15) is 25.6 Å². The first-order valence-corrected chi connectivity index (χ1v) is 6.11. The van der Waals surface area contributed by atoms with Crippen molar-refractivity contribution in [2.24, 2.45) is 5.73 Å². The molecule has 0 aliphatic heterocycles. The number of hydrogen-bond acceptors (Lipinski definition) is 4. The molecular formula is C13H17N5O. The maximum Gasteiger partial charge on any atom is 0.237 e. The van der Waals surface area contributed by atoms with Crippen LogP contribution < -0.4 is 11.1 Å². The minimum absolute atomic E-state index is 0.207. The van der Waals surface area contributed by atoms with Crippen molar-refractivity contribution in [3.8, 4) is 5.69 Å². The van der Waals surface area contributed by atoms with Crippen molar-refractivity contribution < 1.29 is 4.79 Å². The molecule has 1 aromatic heterocycles. The third kappa shape index (κ3) is 3.17. The molecule has 1 aromatic carbocycles. The minimum atomic E-state index is -0.536. The number of benzene rings is 1. The maximum absolute atomic E-state index is 11.5. The molecule has 1 heterocycles. The molecule has 2 atom stereocenters. The lowest BCUT2D eigenvalue weighted by Crippen LogP contribution is -2.39. The minimum Gasteiger partial charge on any atom is -0.347 e. The lowest BCUT2D eigenvalue weighted by atomic mass is 10.2. The molecule has 1 unspecified atom stereocenters. The largest absolute Gasteiger partial charge is 0.347 e. The van der Waals surface area contributed by atoms with E-state index in [-0.39, 0.29) is 11.9 Å². The summed E-state index contributed by atoms with van der Waals surface area (Å²) in [6, 6.07) is 8.90. The summed E-state index contributed by atoms with van der Waals surface area (Å²) in [5.41, 5.74) is 7.12. The van der Waals surface area contributed by atoms with Gasteiger partial charge >= 0.3 is 0 Å². The highest BCUT2D eigenvalue weighted by Crippen LogP contribution is 2.11. The zero-order chi connectivity index (χ0) is 13.8. The standard InChI is InChI=1S/C13H17N5O/c1-9(14)13(19)15-10(2)12-8-18(17-16-12)11-6-4-3-5-7-11/h3-10H,14H2,1-2H3,(H,15,19)/t9-,10?/m1/s1. The average Bonchev–Trinajstić information content (AvgIpc) is 2.89. The van der Waals surface area contributed by atoms with Crippen LogP contribution in [0.4, 0.5) is 0 Å². The third-order valence-corrected chi connectivity index (χ3v) is 2.75. The molecule has 3 N–H and O–H groups in total. The van der Waals surface area contributed by atoms with Gasteiger partial charge in [-0.3, -0.25) is 4.79 Å². The number of nitrogens with zero attached hydrogens (tertiary/aromatic N) is 3. The number of aromatic nitrogens is 3. The highest BCUT2D eigenvalue weighted by atomic mass is 16.2. The molecule has 2 aromatic rings. The fourth-order valence-corrected chi connectivity index (χ4v) is 1.60. The van der Waals surface area contributed by atoms with Crippen LogP contribution >= 0.6 is 0 Å². The zero-order valence-corrected chi connectivity index (χ0v) is 10.9. The Morgan fingerprint density at radius 1 is 1.32 bits per heavy atom. The first-order chi connectivity index (χ1) is 9.08. The van der Waals surface area contributed by atoms with E-state index in [1.165, 1.54) is 0 Å². The molecule has 0 spiro atoms. The summed E-state index contributed by atoms with van der Waals surface area (Å²) in [5, 5.41) is 10.9. The van der Waals surface area contributed by atoms with E-state index in [2.05, 4.69) is 15.6 Å². The summed E-state index contributed by atoms with van der Waals surface area (Å²) >= 11 is 0. The lowest BCUT2D eigenvalue weighted by Gasteiger charge is -2.12. The third-order valence-electron chi connectivity index (χ3n) is 2.75. The van der Waals surface area contributed by atoms with Gasteiger partial charge in [0.1, 0.15) is 5.69 Å². The number of rotatable bonds is 4. The highest BCUT2D eigenvalue weighted by Gasteiger charge is 2.15. The molecule has 0 aliphatic carbocycles. The van der Waals surface area contributed by atoms with Crippen molar-refractivity contribution >= 4 is 5.91 Å². The first-order valence-electron chi connectivity index (χ1n) is 6.11. The normalized spacial score (nSPS) is 13.8. The molecule has 6 nitrogen and oxygen atoms in total. The van der Waals surface area contributed by atoms with Crippen LogP contribution in [0.5, 0.6) is 0 Å². The van der Waals surface area contributed by atoms with Crippen LogP contribution in [0.2, 0.25) is 0 Å². The van der Waals surface area contributed by atoms with Gasteiger partial charge in [0.05, 0.1) is 24.0 Å². The van der Waals surface area contributed by atoms with Crippen molar-refractivity contribution in [2.75, 3.05) is 0 Å². The van der Waals surface area contributed by atoms with Crippen molar-refractivity contribution in [3.63, 3.8) is 0 Å². The Morgan fingerprint density at radius 2 is 2.00 bits per heavy atom. The second-order valence-electron chi connectivity index (χ2n) is 4.44. The van der Waals surface area contributed by atoms with Crippen molar-refractivity contribution in [1.82, 2.24) is 20.3 Å². The predicted molar refractivity (Wildman–Crippen MR) is 71.6 cm³/mol. The smallest absolute Gasteiger partial charge is 0.237 e. The van der Waals surface area contributed by atoms with Crippen LogP contribution in [0, 0.1) is 0 Å². The Labute approximate surface area is 111 Å². The molecule has 0 aliphatic rings. The predicted octanol–water partition coefficient (Wildman–Crippen LogP) is 0.792. The summed E-state index contributed by atoms with van der Waals surface area (Å²) in [6.45, 7) is 3.49. The van der Waals surface area contributed by atoms with E-state index in [4.69, 9.17) is 5.73 Å². The number of nitrogens with two attached hydrogens (primary N) is 1. The number of amides is 1. The van der Waals surface area contributed by atoms with E-state index < -0.39 is 6.04 Å². The first kappa shape index (κ1) is 13.2. The van der Waals surface area contributed by atoms with Gasteiger partial charge in [0.25, 0.3) is 0 Å². The Balaban J connectivity index is 2.11. The van der Waals surface area contributed by atoms with Crippen molar-refractivity contribution in [1.29, 1.82) is 0 Å². The van der Waals surface area contributed by atoms with Gasteiger partial charge in [-0.1, -0.05) is 23.4 Å². The molecule has 0 saturated heterocycles. The molecule has 1 amide bonds. The average molecular weight is 259 g/mol. The van der Waals surface area contributed by atoms with Crippen LogP contribution in [0.25, 0.3) is 5.69 Å². The van der Waals surface area contributed by atoms with Crippen LogP contribution in [0.3, 0.4) is 0 Å². The summed E-state index contributed by atoms with van der Waals surface area (Å²) in [6.07, 6.45) is 1.79. The van der Waals surface area contributed by atoms with E-state index in [9.17, 15) is 4.79 Å². The highest BCUT2D eigenvalue weighted by molar-refractivity contribution is 5.81. The number of carbonyl (C=O) groups is 1. The number of nitrogens with one attached hydrogen (secondary N) is 1. The Hall–Kier alpha value is -2.21. The quantitative estimate of drug-likeness (QED) is 0.850. The topological polar surface area (TPSA) is 85.8 Å². The Kier molecular flexibility index (Phi) is 3.91. The lowest BCUT2D eigenvalue weighted by molar-refractivity contribution is -0.122. The van der Waals surface area contributed by atoms with Gasteiger partial charge < -0.3 is 11.1 Å². The number of para-hydroxylation sites is 1. The molecule has 100 valence electrons. The molecule has 0 radical (unpaired) electrons. The van der Waals surface area contributed by atoms with Crippen LogP contribution in [-0.4, -0.2) is 26.9 Å². The fourth-order valence-electron chi connectivity index (χ4n) is 1.60. The fraction of sp³-hybridized carbons (Fsp3) is 0.308. The summed E-state index contributed by atoms with van der Waals surface area (Å²) in [7, 11) is 0. The van der Waals surface area contributed by atoms with Gasteiger partial charge in [0.2, 0.25) is 5.91 Å². The summed E-state index contributed by atoms with van der Waals surface area (Å²) in [4.78, 5) is 11.5. The van der Waals surface area contributed by atoms with E-state index in [0.717, 1.165) is 5.69 Å². The van der Waals surface area contributed by atoms with Gasteiger partial charge in [0, 0.05) is 0 Å². The second-order valence-corrected chi connectivity index (χ2v) is 4.44. The van der Waals surface area contributed by atoms with Crippen molar-refractivity contribution in [3.05, 3.63) is 42.2 Å². The van der Waals surface area contributed by atoms with Gasteiger partial charge in [-0.2, -0.15) is 0 Å². The molecule has 0 bridgehead atoms. The summed E-state index contributed by atoms with van der Waals surface area (Å²) < 4.78 is 1.67. The molecule has 2 rings (SSSR count). The SMILES string of the molecule is CC(NC(=O)[C@@H](C)N)c1cn(-c2ccccc2)nn1. The van der Waals surface area contributed by atoms with E-state index in [0.29, 0.717) is 5.69 Å². The van der Waals surface area contributed by atoms with Crippen molar-refractivity contribution in [2.45, 2.75) is 25.9 Å². The van der Waals surface area contributed by atoms with Crippen LogP contribution in [-0.2, 0) is 4.79 Å².